The molecule has 188 valence electrons. The molecule has 5 rings (SSSR count). The third kappa shape index (κ3) is 5.16. The lowest BCUT2D eigenvalue weighted by molar-refractivity contribution is -0.154. The number of nitrogens with zero attached hydrogens (tertiary/aromatic N) is 1. The van der Waals surface area contributed by atoms with Gasteiger partial charge in [-0.1, -0.05) is 91.0 Å². The number of thioether (sulfide) groups is 1. The first-order valence-corrected chi connectivity index (χ1v) is 13.0. The molecule has 37 heavy (non-hydrogen) atoms. The van der Waals surface area contributed by atoms with Crippen LogP contribution in [0.2, 0.25) is 0 Å². The lowest BCUT2D eigenvalue weighted by Crippen LogP contribution is -2.70. The highest BCUT2D eigenvalue weighted by Crippen LogP contribution is 2.41. The Bertz CT molecular complexity index is 1270. The number of hydrogen-bond acceptors (Lipinski definition) is 6. The summed E-state index contributed by atoms with van der Waals surface area (Å²) in [6, 6.07) is 27.3. The first kappa shape index (κ1) is 24.8. The molecule has 2 N–H and O–H groups in total. The minimum absolute atomic E-state index is 0.0571. The lowest BCUT2D eigenvalue weighted by Gasteiger charge is -2.49. The zero-order chi connectivity index (χ0) is 25.8. The third-order valence-electron chi connectivity index (χ3n) is 6.38. The molecule has 3 aromatic carbocycles. The highest BCUT2D eigenvalue weighted by molar-refractivity contribution is 8.00. The normalized spacial score (nSPS) is 18.8. The van der Waals surface area contributed by atoms with E-state index in [1.54, 1.807) is 0 Å². The topological polar surface area (TPSA) is 95.9 Å². The summed E-state index contributed by atoms with van der Waals surface area (Å²) in [6.07, 6.45) is -0.530. The van der Waals surface area contributed by atoms with E-state index in [2.05, 4.69) is 5.32 Å². The monoisotopic (exact) mass is 514 g/mol. The van der Waals surface area contributed by atoms with Crippen LogP contribution in [0.1, 0.15) is 22.8 Å². The first-order valence-electron chi connectivity index (χ1n) is 12.0. The lowest BCUT2D eigenvalue weighted by atomic mass is 10.0. The van der Waals surface area contributed by atoms with E-state index < -0.39 is 29.4 Å². The number of hydrogen-bond donors (Lipinski definition) is 2. The average molecular weight is 515 g/mol. The SMILES string of the molecule is O=C(Cc1ccccc1)N[C@H]1C(=O)N2C(C(=O)OC(c3ccccc3)c3ccccc3)=C(CO)CS[C@H]12. The van der Waals surface area contributed by atoms with Gasteiger partial charge in [0.05, 0.1) is 13.0 Å². The maximum Gasteiger partial charge on any atom is 0.356 e. The minimum Gasteiger partial charge on any atom is -0.448 e. The van der Waals surface area contributed by atoms with Crippen molar-refractivity contribution < 1.29 is 24.2 Å². The van der Waals surface area contributed by atoms with Crippen molar-refractivity contribution in [3.05, 3.63) is 119 Å². The summed E-state index contributed by atoms with van der Waals surface area (Å²) in [7, 11) is 0. The summed E-state index contributed by atoms with van der Waals surface area (Å²) in [5, 5.41) is 12.3. The Morgan fingerprint density at radius 1 is 0.946 bits per heavy atom. The molecule has 2 amide bonds. The molecule has 0 radical (unpaired) electrons. The number of fused-ring (bicyclic) bond motifs is 1. The Balaban J connectivity index is 1.35. The molecule has 0 bridgehead atoms. The zero-order valence-corrected chi connectivity index (χ0v) is 20.8. The van der Waals surface area contributed by atoms with Crippen molar-refractivity contribution in [3.63, 3.8) is 0 Å². The van der Waals surface area contributed by atoms with Crippen molar-refractivity contribution in [3.8, 4) is 0 Å². The van der Waals surface area contributed by atoms with Crippen LogP contribution in [0.3, 0.4) is 0 Å². The molecule has 3 aromatic rings. The molecule has 1 fully saturated rings. The molecular weight excluding hydrogens is 488 g/mol. The Morgan fingerprint density at radius 2 is 1.51 bits per heavy atom. The van der Waals surface area contributed by atoms with Gasteiger partial charge in [0.15, 0.2) is 6.10 Å². The van der Waals surface area contributed by atoms with Gasteiger partial charge in [0.2, 0.25) is 5.91 Å². The molecule has 1 saturated heterocycles. The Labute approximate surface area is 219 Å². The van der Waals surface area contributed by atoms with Crippen LogP contribution in [0.5, 0.6) is 0 Å². The molecule has 0 unspecified atom stereocenters. The molecule has 0 aliphatic carbocycles. The molecule has 8 heteroatoms. The number of benzene rings is 3. The van der Waals surface area contributed by atoms with Gasteiger partial charge in [-0.25, -0.2) is 4.79 Å². The molecule has 2 aliphatic rings. The van der Waals surface area contributed by atoms with E-state index in [0.29, 0.717) is 11.3 Å². The summed E-state index contributed by atoms with van der Waals surface area (Å²) in [4.78, 5) is 40.7. The fourth-order valence-corrected chi connectivity index (χ4v) is 5.88. The maximum atomic E-state index is 13.5. The van der Waals surface area contributed by atoms with Crippen LogP contribution in [0.15, 0.2) is 102 Å². The van der Waals surface area contributed by atoms with E-state index in [1.807, 2.05) is 91.0 Å². The van der Waals surface area contributed by atoms with Crippen LogP contribution in [0.4, 0.5) is 0 Å². The van der Waals surface area contributed by atoms with Crippen molar-refractivity contribution in [2.24, 2.45) is 0 Å². The van der Waals surface area contributed by atoms with Gasteiger partial charge in [0, 0.05) is 5.75 Å². The number of nitrogens with one attached hydrogen (secondary N) is 1. The zero-order valence-electron chi connectivity index (χ0n) is 19.9. The van der Waals surface area contributed by atoms with Crippen LogP contribution < -0.4 is 5.32 Å². The van der Waals surface area contributed by atoms with Crippen molar-refractivity contribution in [2.45, 2.75) is 23.9 Å². The van der Waals surface area contributed by atoms with Gasteiger partial charge in [-0.3, -0.25) is 14.5 Å². The summed E-state index contributed by atoms with van der Waals surface area (Å²) in [5.74, 6) is -0.997. The summed E-state index contributed by atoms with van der Waals surface area (Å²) < 4.78 is 5.99. The Kier molecular flexibility index (Phi) is 7.39. The molecular formula is C29H26N2O5S. The van der Waals surface area contributed by atoms with Gasteiger partial charge in [-0.05, 0) is 22.3 Å². The number of carbonyl (C=O) groups is 3. The number of rotatable bonds is 8. The molecule has 2 heterocycles. The highest BCUT2D eigenvalue weighted by atomic mass is 32.2. The molecule has 2 atom stereocenters. The molecule has 7 nitrogen and oxygen atoms in total. The molecule has 0 aromatic heterocycles. The van der Waals surface area contributed by atoms with Crippen molar-refractivity contribution in [1.29, 1.82) is 0 Å². The maximum absolute atomic E-state index is 13.5. The quantitative estimate of drug-likeness (QED) is 0.354. The average Bonchev–Trinajstić information content (AvgIpc) is 2.95. The van der Waals surface area contributed by atoms with E-state index in [0.717, 1.165) is 16.7 Å². The second-order valence-corrected chi connectivity index (χ2v) is 9.94. The number of aliphatic hydroxyl groups excluding tert-OH is 1. The second kappa shape index (κ2) is 11.0. The van der Waals surface area contributed by atoms with Crippen molar-refractivity contribution in [2.75, 3.05) is 12.4 Å². The van der Waals surface area contributed by atoms with Gasteiger partial charge in [0.1, 0.15) is 17.1 Å². The number of β-lactam (4-membered cyclic amide) rings is 1. The van der Waals surface area contributed by atoms with Gasteiger partial charge in [0.25, 0.3) is 5.91 Å². The number of amides is 2. The number of carbonyl (C=O) groups excluding carboxylic acids is 3. The molecule has 2 aliphatic heterocycles. The van der Waals surface area contributed by atoms with Crippen LogP contribution in [0.25, 0.3) is 0 Å². The van der Waals surface area contributed by atoms with Gasteiger partial charge in [-0.2, -0.15) is 0 Å². The van der Waals surface area contributed by atoms with Crippen LogP contribution in [-0.2, 0) is 25.5 Å². The predicted molar refractivity (Wildman–Crippen MR) is 140 cm³/mol. The number of esters is 1. The van der Waals surface area contributed by atoms with E-state index in [4.69, 9.17) is 4.74 Å². The first-order chi connectivity index (χ1) is 18.1. The van der Waals surface area contributed by atoms with Crippen molar-refractivity contribution in [1.82, 2.24) is 10.2 Å². The van der Waals surface area contributed by atoms with Gasteiger partial charge >= 0.3 is 5.97 Å². The van der Waals surface area contributed by atoms with E-state index in [9.17, 15) is 19.5 Å². The fraction of sp³-hybridized carbons (Fsp3) is 0.207. The third-order valence-corrected chi connectivity index (χ3v) is 7.72. The largest absolute Gasteiger partial charge is 0.448 e. The van der Waals surface area contributed by atoms with E-state index >= 15 is 0 Å². The molecule has 0 spiro atoms. The van der Waals surface area contributed by atoms with Crippen molar-refractivity contribution >= 4 is 29.5 Å². The summed E-state index contributed by atoms with van der Waals surface area (Å²) in [6.45, 7) is -0.375. The number of aliphatic hydroxyl groups is 1. The molecule has 0 saturated carbocycles. The highest BCUT2D eigenvalue weighted by Gasteiger charge is 2.54. The van der Waals surface area contributed by atoms with Gasteiger partial charge < -0.3 is 15.2 Å². The van der Waals surface area contributed by atoms with E-state index in [1.165, 1.54) is 16.7 Å². The smallest absolute Gasteiger partial charge is 0.356 e. The summed E-state index contributed by atoms with van der Waals surface area (Å²) in [5.41, 5.74) is 2.90. The Morgan fingerprint density at radius 3 is 2.08 bits per heavy atom. The standard InChI is InChI=1S/C29H26N2O5S/c32-17-22-18-37-28-24(30-23(33)16-19-10-4-1-5-11-19)27(34)31(28)25(22)29(35)36-26(20-12-6-2-7-13-20)21-14-8-3-9-15-21/h1-15,24,26,28,32H,16-18H2,(H,30,33)/t24-,28+/m0/s1. The van der Waals surface area contributed by atoms with Crippen LogP contribution in [-0.4, -0.2) is 51.6 Å². The minimum atomic E-state index is -0.747. The van der Waals surface area contributed by atoms with Gasteiger partial charge in [-0.15, -0.1) is 11.8 Å². The Hall–Kier alpha value is -3.88. The van der Waals surface area contributed by atoms with Crippen LogP contribution in [0, 0.1) is 0 Å². The van der Waals surface area contributed by atoms with Crippen LogP contribution >= 0.6 is 11.8 Å². The predicted octanol–water partition coefficient (Wildman–Crippen LogP) is 3.21. The number of ether oxygens (including phenoxy) is 1. The van der Waals surface area contributed by atoms with E-state index in [-0.39, 0.29) is 24.6 Å². The summed E-state index contributed by atoms with van der Waals surface area (Å²) >= 11 is 1.40. The fourth-order valence-electron chi connectivity index (χ4n) is 4.55. The second-order valence-electron chi connectivity index (χ2n) is 8.83.